The molecule has 3 heterocycles. The highest BCUT2D eigenvalue weighted by molar-refractivity contribution is 5.82. The van der Waals surface area contributed by atoms with Gasteiger partial charge in [-0.15, -0.1) is 0 Å². The van der Waals surface area contributed by atoms with Crippen LogP contribution in [0.4, 0.5) is 0 Å². The van der Waals surface area contributed by atoms with Crippen molar-refractivity contribution in [2.45, 2.75) is 43.9 Å². The van der Waals surface area contributed by atoms with E-state index in [1.165, 1.54) is 13.0 Å². The standard InChI is InChI=1S/C17H34N6O2/c1-18-15-4-6-19-17(22-15)21-13-8-14(16(24-3)20-9-13)25-11-12-5-7-23(2)10-12/h12-14,16-17,19-21H,4-11H2,1-3H3,(H,18,22)/t12-,13?,14?,16?,17?/m1/s1. The van der Waals surface area contributed by atoms with Crippen molar-refractivity contribution in [1.82, 2.24) is 26.2 Å². The van der Waals surface area contributed by atoms with Gasteiger partial charge in [0.25, 0.3) is 0 Å². The van der Waals surface area contributed by atoms with Crippen molar-refractivity contribution in [3.05, 3.63) is 0 Å². The fourth-order valence-corrected chi connectivity index (χ4v) is 3.92. The zero-order valence-corrected chi connectivity index (χ0v) is 15.8. The van der Waals surface area contributed by atoms with Crippen LogP contribution in [0.15, 0.2) is 4.99 Å². The predicted molar refractivity (Wildman–Crippen MR) is 98.6 cm³/mol. The minimum Gasteiger partial charge on any atom is -0.377 e. The quantitative estimate of drug-likeness (QED) is 0.494. The van der Waals surface area contributed by atoms with E-state index in [0.717, 1.165) is 44.9 Å². The van der Waals surface area contributed by atoms with Crippen molar-refractivity contribution < 1.29 is 9.47 Å². The fourth-order valence-electron chi connectivity index (χ4n) is 3.92. The molecule has 144 valence electrons. The summed E-state index contributed by atoms with van der Waals surface area (Å²) in [5, 5.41) is 13.6. The molecule has 0 amide bonds. The van der Waals surface area contributed by atoms with E-state index in [1.807, 2.05) is 7.05 Å². The molecule has 5 atom stereocenters. The summed E-state index contributed by atoms with van der Waals surface area (Å²) in [5.41, 5.74) is 0. The van der Waals surface area contributed by atoms with Crippen LogP contribution in [0.1, 0.15) is 19.3 Å². The van der Waals surface area contributed by atoms with Crippen molar-refractivity contribution >= 4 is 5.84 Å². The second-order valence-electron chi connectivity index (χ2n) is 7.39. The molecule has 2 fully saturated rings. The average molecular weight is 354 g/mol. The molecule has 0 aromatic rings. The zero-order valence-electron chi connectivity index (χ0n) is 15.8. The highest BCUT2D eigenvalue weighted by Crippen LogP contribution is 2.19. The number of piperidine rings is 1. The third kappa shape index (κ3) is 5.35. The van der Waals surface area contributed by atoms with Gasteiger partial charge in [0.05, 0.1) is 12.7 Å². The molecule has 2 saturated heterocycles. The number of nitrogens with zero attached hydrogens (tertiary/aromatic N) is 2. The summed E-state index contributed by atoms with van der Waals surface area (Å²) in [6, 6.07) is 0.306. The van der Waals surface area contributed by atoms with Crippen LogP contribution in [0.2, 0.25) is 0 Å². The summed E-state index contributed by atoms with van der Waals surface area (Å²) in [6.07, 6.45) is 3.10. The Kier molecular flexibility index (Phi) is 7.03. The topological polar surface area (TPSA) is 82.2 Å². The maximum Gasteiger partial charge on any atom is 0.155 e. The molecule has 4 N–H and O–H groups in total. The third-order valence-corrected chi connectivity index (χ3v) is 5.38. The van der Waals surface area contributed by atoms with Gasteiger partial charge in [0.2, 0.25) is 0 Å². The van der Waals surface area contributed by atoms with Crippen LogP contribution in [0.5, 0.6) is 0 Å². The lowest BCUT2D eigenvalue weighted by atomic mass is 10.0. The van der Waals surface area contributed by atoms with Crippen LogP contribution in [-0.2, 0) is 9.47 Å². The number of amidine groups is 1. The number of hydrogen-bond acceptors (Lipinski definition) is 8. The smallest absolute Gasteiger partial charge is 0.155 e. The van der Waals surface area contributed by atoms with Crippen LogP contribution in [0.3, 0.4) is 0 Å². The Morgan fingerprint density at radius 1 is 1.36 bits per heavy atom. The van der Waals surface area contributed by atoms with Gasteiger partial charge in [-0.05, 0) is 32.4 Å². The Hall–Kier alpha value is -0.770. The lowest BCUT2D eigenvalue weighted by Gasteiger charge is -2.38. The van der Waals surface area contributed by atoms with Crippen molar-refractivity contribution in [2.75, 3.05) is 54.0 Å². The predicted octanol–water partition coefficient (Wildman–Crippen LogP) is -0.858. The minimum absolute atomic E-state index is 0.0344. The molecule has 0 spiro atoms. The Labute approximate surface area is 151 Å². The van der Waals surface area contributed by atoms with Crippen molar-refractivity contribution in [1.29, 1.82) is 0 Å². The summed E-state index contributed by atoms with van der Waals surface area (Å²) < 4.78 is 11.8. The van der Waals surface area contributed by atoms with E-state index in [-0.39, 0.29) is 18.6 Å². The summed E-state index contributed by atoms with van der Waals surface area (Å²) >= 11 is 0. The Morgan fingerprint density at radius 3 is 2.96 bits per heavy atom. The van der Waals surface area contributed by atoms with E-state index >= 15 is 0 Å². The monoisotopic (exact) mass is 354 g/mol. The summed E-state index contributed by atoms with van der Waals surface area (Å²) in [4.78, 5) is 7.03. The molecule has 0 radical (unpaired) electrons. The molecule has 0 bridgehead atoms. The van der Waals surface area contributed by atoms with E-state index in [1.54, 1.807) is 7.11 Å². The number of likely N-dealkylation sites (tertiary alicyclic amines) is 1. The van der Waals surface area contributed by atoms with E-state index in [0.29, 0.717) is 12.0 Å². The Bertz CT molecular complexity index is 449. The van der Waals surface area contributed by atoms with Crippen LogP contribution in [-0.4, -0.2) is 89.4 Å². The second-order valence-corrected chi connectivity index (χ2v) is 7.39. The third-order valence-electron chi connectivity index (χ3n) is 5.38. The summed E-state index contributed by atoms with van der Waals surface area (Å²) in [6.45, 7) is 4.91. The van der Waals surface area contributed by atoms with Crippen LogP contribution in [0, 0.1) is 5.92 Å². The van der Waals surface area contributed by atoms with Crippen molar-refractivity contribution in [2.24, 2.45) is 10.9 Å². The minimum atomic E-state index is -0.0359. The Balaban J connectivity index is 1.49. The second kappa shape index (κ2) is 9.25. The van der Waals surface area contributed by atoms with Crippen molar-refractivity contribution in [3.8, 4) is 0 Å². The molecule has 8 heteroatoms. The van der Waals surface area contributed by atoms with Gasteiger partial charge in [0, 0.05) is 46.3 Å². The van der Waals surface area contributed by atoms with Gasteiger partial charge < -0.3 is 19.7 Å². The lowest BCUT2D eigenvalue weighted by molar-refractivity contribution is -0.100. The van der Waals surface area contributed by atoms with Crippen molar-refractivity contribution in [3.63, 3.8) is 0 Å². The molecule has 0 aliphatic carbocycles. The average Bonchev–Trinajstić information content (AvgIpc) is 3.05. The molecule has 4 unspecified atom stereocenters. The summed E-state index contributed by atoms with van der Waals surface area (Å²) in [7, 11) is 5.85. The first-order chi connectivity index (χ1) is 12.2. The van der Waals surface area contributed by atoms with E-state index in [4.69, 9.17) is 9.47 Å². The molecular formula is C17H34N6O2. The summed E-state index contributed by atoms with van der Waals surface area (Å²) in [5.74, 6) is 1.69. The van der Waals surface area contributed by atoms with E-state index < -0.39 is 0 Å². The molecular weight excluding hydrogens is 320 g/mol. The van der Waals surface area contributed by atoms with Gasteiger partial charge in [-0.2, -0.15) is 0 Å². The number of nitrogens with one attached hydrogen (secondary N) is 4. The zero-order chi connectivity index (χ0) is 17.6. The number of hydrogen-bond donors (Lipinski definition) is 4. The maximum absolute atomic E-state index is 6.26. The van der Waals surface area contributed by atoms with Crippen LogP contribution < -0.4 is 21.3 Å². The first-order valence-electron chi connectivity index (χ1n) is 9.48. The largest absolute Gasteiger partial charge is 0.377 e. The van der Waals surface area contributed by atoms with Crippen LogP contribution in [0.25, 0.3) is 0 Å². The molecule has 3 aliphatic heterocycles. The molecule has 0 aromatic carbocycles. The Morgan fingerprint density at radius 2 is 2.24 bits per heavy atom. The van der Waals surface area contributed by atoms with Gasteiger partial charge in [-0.25, -0.2) is 4.99 Å². The highest BCUT2D eigenvalue weighted by Gasteiger charge is 2.33. The lowest BCUT2D eigenvalue weighted by Crippen LogP contribution is -2.60. The fraction of sp³-hybridized carbons (Fsp3) is 0.941. The van der Waals surface area contributed by atoms with E-state index in [2.05, 4.69) is 38.2 Å². The normalized spacial score (nSPS) is 37.1. The van der Waals surface area contributed by atoms with Crippen LogP contribution >= 0.6 is 0 Å². The first-order valence-corrected chi connectivity index (χ1v) is 9.48. The first kappa shape index (κ1) is 19.0. The molecule has 0 aromatic heterocycles. The molecule has 3 aliphatic rings. The highest BCUT2D eigenvalue weighted by atomic mass is 16.5. The molecule has 25 heavy (non-hydrogen) atoms. The number of rotatable bonds is 6. The van der Waals surface area contributed by atoms with Gasteiger partial charge in [-0.1, -0.05) is 0 Å². The molecule has 3 rings (SSSR count). The molecule has 0 saturated carbocycles. The maximum atomic E-state index is 6.26. The SMILES string of the molecule is CNC1=NC(NC2CNC(OC)C(OC[C@@H]3CCN(C)C3)C2)NCC1. The van der Waals surface area contributed by atoms with Gasteiger partial charge >= 0.3 is 0 Å². The van der Waals surface area contributed by atoms with Gasteiger partial charge in [-0.3, -0.25) is 16.0 Å². The van der Waals surface area contributed by atoms with E-state index in [9.17, 15) is 0 Å². The number of methoxy groups -OCH3 is 1. The van der Waals surface area contributed by atoms with Gasteiger partial charge in [0.1, 0.15) is 12.1 Å². The molecule has 8 nitrogen and oxygen atoms in total. The number of aliphatic imine (C=N–C) groups is 1. The number of ether oxygens (including phenoxy) is 2. The van der Waals surface area contributed by atoms with Gasteiger partial charge in [0.15, 0.2) is 6.29 Å².